The van der Waals surface area contributed by atoms with E-state index in [4.69, 9.17) is 11.6 Å². The fraction of sp³-hybridized carbons (Fsp3) is 0.474. The predicted molar refractivity (Wildman–Crippen MR) is 107 cm³/mol. The first-order valence-corrected chi connectivity index (χ1v) is 10.8. The van der Waals surface area contributed by atoms with Crippen LogP contribution >= 0.6 is 22.9 Å². The molecule has 144 valence electrons. The second kappa shape index (κ2) is 7.75. The summed E-state index contributed by atoms with van der Waals surface area (Å²) in [6, 6.07) is 8.05. The van der Waals surface area contributed by atoms with Gasteiger partial charge in [0.1, 0.15) is 31.1 Å². The van der Waals surface area contributed by atoms with E-state index in [-0.39, 0.29) is 11.9 Å². The van der Waals surface area contributed by atoms with Crippen LogP contribution in [0.2, 0.25) is 5.02 Å². The molecule has 0 bridgehead atoms. The summed E-state index contributed by atoms with van der Waals surface area (Å²) in [5.41, 5.74) is 1.13. The number of halogens is 1. The van der Waals surface area contributed by atoms with Crippen LogP contribution in [0.4, 0.5) is 0 Å². The van der Waals surface area contributed by atoms with Crippen LogP contribution in [0, 0.1) is 0 Å². The number of fused-ring (bicyclic) bond motifs is 1. The third-order valence-corrected chi connectivity index (χ3v) is 6.83. The highest BCUT2D eigenvalue weighted by Gasteiger charge is 2.36. The van der Waals surface area contributed by atoms with Crippen molar-refractivity contribution in [3.8, 4) is 5.88 Å². The number of piperazine rings is 1. The molecule has 3 heterocycles. The monoisotopic (exact) mass is 407 g/mol. The smallest absolute Gasteiger partial charge is 0.235 e. The van der Waals surface area contributed by atoms with Crippen molar-refractivity contribution >= 4 is 27.9 Å². The van der Waals surface area contributed by atoms with Crippen LogP contribution in [-0.4, -0.2) is 52.4 Å². The molecule has 0 radical (unpaired) electrons. The van der Waals surface area contributed by atoms with Crippen molar-refractivity contribution in [3.63, 3.8) is 0 Å². The highest BCUT2D eigenvalue weighted by Crippen LogP contribution is 2.35. The zero-order valence-electron chi connectivity index (χ0n) is 15.7. The Hall–Kier alpha value is -1.67. The molecule has 3 N–H and O–H groups in total. The Labute approximate surface area is 168 Å². The third kappa shape index (κ3) is 3.57. The van der Waals surface area contributed by atoms with Gasteiger partial charge in [0, 0.05) is 17.0 Å². The minimum Gasteiger partial charge on any atom is -0.492 e. The van der Waals surface area contributed by atoms with Gasteiger partial charge in [-0.3, -0.25) is 0 Å². The van der Waals surface area contributed by atoms with Crippen LogP contribution in [0.25, 0.3) is 4.96 Å². The van der Waals surface area contributed by atoms with E-state index in [0.717, 1.165) is 65.4 Å². The lowest BCUT2D eigenvalue weighted by atomic mass is 10.0. The maximum Gasteiger partial charge on any atom is 0.235 e. The van der Waals surface area contributed by atoms with Crippen LogP contribution in [0.1, 0.15) is 36.2 Å². The average Bonchev–Trinajstić information content (AvgIpc) is 3.22. The molecule has 0 spiro atoms. The molecule has 0 amide bonds. The van der Waals surface area contributed by atoms with Gasteiger partial charge in [0.05, 0.1) is 6.54 Å². The van der Waals surface area contributed by atoms with Gasteiger partial charge >= 0.3 is 0 Å². The summed E-state index contributed by atoms with van der Waals surface area (Å²) in [6.45, 7) is 9.84. The van der Waals surface area contributed by atoms with Crippen LogP contribution in [0.3, 0.4) is 0 Å². The third-order valence-electron chi connectivity index (χ3n) is 5.51. The predicted octanol–water partition coefficient (Wildman–Crippen LogP) is 0.605. The Morgan fingerprint density at radius 1 is 1.26 bits per heavy atom. The summed E-state index contributed by atoms with van der Waals surface area (Å²) < 4.78 is 1.59. The molecular weight excluding hydrogens is 382 g/mol. The summed E-state index contributed by atoms with van der Waals surface area (Å²) in [5.74, 6) is 0.972. The molecule has 2 aromatic heterocycles. The van der Waals surface area contributed by atoms with E-state index in [9.17, 15) is 5.11 Å². The minimum absolute atomic E-state index is 0.0423. The molecule has 0 aliphatic carbocycles. The van der Waals surface area contributed by atoms with Gasteiger partial charge in [-0.25, -0.2) is 4.98 Å². The molecule has 27 heavy (non-hydrogen) atoms. The van der Waals surface area contributed by atoms with Crippen molar-refractivity contribution in [1.29, 1.82) is 0 Å². The lowest BCUT2D eigenvalue weighted by Gasteiger charge is -2.34. The van der Waals surface area contributed by atoms with Crippen molar-refractivity contribution in [2.75, 3.05) is 32.7 Å². The number of aryl methyl sites for hydroxylation is 1. The summed E-state index contributed by atoms with van der Waals surface area (Å²) in [4.78, 5) is 9.33. The standard InChI is InChI=1S/C19H24ClN5OS/c1-3-15-21-19-25(22-15)18(26)17(27-19)16(13-6-5-7-14(20)12-13)24-10-8-23(4-2)9-11-24/h5-7,12,16,26H,3-4,8-11H2,1-2H3/p+2/t16-/m1/s1. The maximum atomic E-state index is 10.9. The Morgan fingerprint density at radius 2 is 2.04 bits per heavy atom. The van der Waals surface area contributed by atoms with E-state index < -0.39 is 0 Å². The molecule has 1 fully saturated rings. The number of thiazole rings is 1. The van der Waals surface area contributed by atoms with Gasteiger partial charge in [-0.2, -0.15) is 4.52 Å². The van der Waals surface area contributed by atoms with E-state index in [2.05, 4.69) is 23.1 Å². The van der Waals surface area contributed by atoms with Crippen molar-refractivity contribution < 1.29 is 14.9 Å². The van der Waals surface area contributed by atoms with Crippen LogP contribution in [0.5, 0.6) is 5.88 Å². The van der Waals surface area contributed by atoms with E-state index in [1.54, 1.807) is 9.42 Å². The van der Waals surface area contributed by atoms with Gasteiger partial charge in [-0.05, 0) is 19.1 Å². The van der Waals surface area contributed by atoms with Crippen molar-refractivity contribution in [2.24, 2.45) is 0 Å². The van der Waals surface area contributed by atoms with Crippen LogP contribution in [-0.2, 0) is 6.42 Å². The summed E-state index contributed by atoms with van der Waals surface area (Å²) in [7, 11) is 0. The number of quaternary nitrogens is 2. The SMILES string of the molecule is CCc1nc2sc([C@@H](c3cccc(Cl)c3)[NH+]3CC[NH+](CC)CC3)c(O)n2n1. The lowest BCUT2D eigenvalue weighted by molar-refractivity contribution is -1.02. The number of benzene rings is 1. The van der Waals surface area contributed by atoms with E-state index >= 15 is 0 Å². The number of likely N-dealkylation sites (N-methyl/N-ethyl adjacent to an activating group) is 1. The van der Waals surface area contributed by atoms with E-state index in [0.29, 0.717) is 0 Å². The highest BCUT2D eigenvalue weighted by molar-refractivity contribution is 7.17. The number of hydrogen-bond acceptors (Lipinski definition) is 4. The van der Waals surface area contributed by atoms with E-state index in [1.165, 1.54) is 16.2 Å². The lowest BCUT2D eigenvalue weighted by Crippen LogP contribution is -3.28. The molecule has 0 saturated carbocycles. The van der Waals surface area contributed by atoms with Gasteiger partial charge in [0.15, 0.2) is 11.9 Å². The molecule has 1 atom stereocenters. The fourth-order valence-corrected chi connectivity index (χ4v) is 5.31. The molecule has 1 aliphatic rings. The zero-order chi connectivity index (χ0) is 19.0. The molecule has 1 aliphatic heterocycles. The Morgan fingerprint density at radius 3 is 2.67 bits per heavy atom. The zero-order valence-corrected chi connectivity index (χ0v) is 17.3. The summed E-state index contributed by atoms with van der Waals surface area (Å²) in [6.07, 6.45) is 0.758. The number of rotatable bonds is 5. The quantitative estimate of drug-likeness (QED) is 0.580. The fourth-order valence-electron chi connectivity index (χ4n) is 3.95. The first-order chi connectivity index (χ1) is 13.1. The average molecular weight is 408 g/mol. The largest absolute Gasteiger partial charge is 0.492 e. The molecule has 6 nitrogen and oxygen atoms in total. The highest BCUT2D eigenvalue weighted by atomic mass is 35.5. The van der Waals surface area contributed by atoms with Gasteiger partial charge in [0.2, 0.25) is 10.8 Å². The summed E-state index contributed by atoms with van der Waals surface area (Å²) in [5, 5.41) is 16.1. The molecule has 0 unspecified atom stereocenters. The topological polar surface area (TPSA) is 59.3 Å². The maximum absolute atomic E-state index is 10.9. The Balaban J connectivity index is 1.76. The van der Waals surface area contributed by atoms with Crippen molar-refractivity contribution in [3.05, 3.63) is 45.6 Å². The number of aromatic nitrogens is 3. The van der Waals surface area contributed by atoms with Crippen molar-refractivity contribution in [2.45, 2.75) is 26.3 Å². The second-order valence-electron chi connectivity index (χ2n) is 7.12. The molecule has 4 rings (SSSR count). The van der Waals surface area contributed by atoms with Gasteiger partial charge < -0.3 is 14.9 Å². The van der Waals surface area contributed by atoms with E-state index in [1.807, 2.05) is 25.1 Å². The second-order valence-corrected chi connectivity index (χ2v) is 8.56. The summed E-state index contributed by atoms with van der Waals surface area (Å²) >= 11 is 7.83. The molecule has 1 saturated heterocycles. The molecule has 8 heteroatoms. The molecule has 1 aromatic carbocycles. The first-order valence-electron chi connectivity index (χ1n) is 9.61. The first kappa shape index (κ1) is 18.7. The molecule has 3 aromatic rings. The number of nitrogens with one attached hydrogen (secondary N) is 2. The van der Waals surface area contributed by atoms with Gasteiger partial charge in [-0.1, -0.05) is 42.0 Å². The van der Waals surface area contributed by atoms with Crippen LogP contribution < -0.4 is 9.80 Å². The van der Waals surface area contributed by atoms with Crippen LogP contribution in [0.15, 0.2) is 24.3 Å². The molecular formula is C19H26ClN5OS+2. The number of aromatic hydroxyl groups is 1. The number of hydrogen-bond donors (Lipinski definition) is 3. The normalized spacial score (nSPS) is 21.6. The van der Waals surface area contributed by atoms with Gasteiger partial charge in [-0.15, -0.1) is 5.10 Å². The minimum atomic E-state index is 0.0423. The number of nitrogens with zero attached hydrogens (tertiary/aromatic N) is 3. The Bertz CT molecular complexity index is 931. The van der Waals surface area contributed by atoms with Gasteiger partial charge in [0.25, 0.3) is 0 Å². The van der Waals surface area contributed by atoms with Crippen molar-refractivity contribution in [1.82, 2.24) is 14.6 Å². The Kier molecular flexibility index (Phi) is 5.36.